The molecule has 4 heteroatoms. The second kappa shape index (κ2) is 4.46. The van der Waals surface area contributed by atoms with Crippen molar-refractivity contribution in [2.24, 2.45) is 0 Å². The average Bonchev–Trinajstić information content (AvgIpc) is 2.80. The van der Waals surface area contributed by atoms with Crippen LogP contribution < -0.4 is 10.2 Å². The minimum absolute atomic E-state index is 0.00319. The van der Waals surface area contributed by atoms with E-state index in [1.807, 2.05) is 38.1 Å². The molecule has 0 spiro atoms. The van der Waals surface area contributed by atoms with E-state index in [0.717, 1.165) is 16.7 Å². The number of fused-ring (bicyclic) bond motifs is 1. The van der Waals surface area contributed by atoms with Crippen molar-refractivity contribution < 1.29 is 9.21 Å². The molecule has 96 valence electrons. The molecule has 0 saturated carbocycles. The van der Waals surface area contributed by atoms with Gasteiger partial charge in [0.15, 0.2) is 0 Å². The molecular formula is C14H18N2O2. The van der Waals surface area contributed by atoms with Crippen LogP contribution in [-0.2, 0) is 4.79 Å². The first kappa shape index (κ1) is 12.6. The number of carbonyl (C=O) groups excluding carboxylic acids is 1. The van der Waals surface area contributed by atoms with Crippen molar-refractivity contribution in [1.29, 1.82) is 0 Å². The standard InChI is InChI=1S/C14H18N2O2/c1-14(2,15-3)13(17)16(4)11-9-18-12-8-6-5-7-10(11)12/h5-9,15H,1-4H3. The number of rotatable bonds is 3. The summed E-state index contributed by atoms with van der Waals surface area (Å²) in [6.45, 7) is 3.71. The van der Waals surface area contributed by atoms with Gasteiger partial charge in [-0.25, -0.2) is 0 Å². The first-order chi connectivity index (χ1) is 8.47. The van der Waals surface area contributed by atoms with Crippen LogP contribution in [0.3, 0.4) is 0 Å². The van der Waals surface area contributed by atoms with Crippen molar-refractivity contribution in [3.63, 3.8) is 0 Å². The molecule has 0 aliphatic heterocycles. The second-order valence-corrected chi connectivity index (χ2v) is 4.86. The van der Waals surface area contributed by atoms with E-state index in [-0.39, 0.29) is 5.91 Å². The number of para-hydroxylation sites is 1. The minimum atomic E-state index is -0.604. The highest BCUT2D eigenvalue weighted by atomic mass is 16.3. The maximum atomic E-state index is 12.4. The smallest absolute Gasteiger partial charge is 0.246 e. The van der Waals surface area contributed by atoms with Crippen LogP contribution in [0.25, 0.3) is 11.0 Å². The number of furan rings is 1. The number of hydrogen-bond acceptors (Lipinski definition) is 3. The van der Waals surface area contributed by atoms with Gasteiger partial charge in [0, 0.05) is 12.4 Å². The highest BCUT2D eigenvalue weighted by Gasteiger charge is 2.30. The number of nitrogens with one attached hydrogen (secondary N) is 1. The molecule has 2 aromatic rings. The summed E-state index contributed by atoms with van der Waals surface area (Å²) in [7, 11) is 3.54. The van der Waals surface area contributed by atoms with Crippen LogP contribution >= 0.6 is 0 Å². The number of nitrogens with zero attached hydrogens (tertiary/aromatic N) is 1. The van der Waals surface area contributed by atoms with Crippen LogP contribution in [0.2, 0.25) is 0 Å². The fourth-order valence-corrected chi connectivity index (χ4v) is 1.86. The van der Waals surface area contributed by atoms with Gasteiger partial charge in [0.2, 0.25) is 5.91 Å². The Morgan fingerprint density at radius 3 is 2.67 bits per heavy atom. The van der Waals surface area contributed by atoms with Crippen LogP contribution in [0.5, 0.6) is 0 Å². The number of amides is 1. The van der Waals surface area contributed by atoms with E-state index in [1.165, 1.54) is 0 Å². The number of carbonyl (C=O) groups is 1. The summed E-state index contributed by atoms with van der Waals surface area (Å²) >= 11 is 0. The van der Waals surface area contributed by atoms with Gasteiger partial charge in [-0.3, -0.25) is 4.79 Å². The maximum absolute atomic E-state index is 12.4. The van der Waals surface area contributed by atoms with Crippen molar-refractivity contribution in [3.05, 3.63) is 30.5 Å². The van der Waals surface area contributed by atoms with Gasteiger partial charge in [-0.15, -0.1) is 0 Å². The molecule has 4 nitrogen and oxygen atoms in total. The lowest BCUT2D eigenvalue weighted by Crippen LogP contribution is -2.51. The number of likely N-dealkylation sites (N-methyl/N-ethyl adjacent to an activating group) is 2. The SMILES string of the molecule is CNC(C)(C)C(=O)N(C)c1coc2ccccc12. The molecule has 1 heterocycles. The molecule has 1 amide bonds. The zero-order valence-electron chi connectivity index (χ0n) is 11.2. The first-order valence-electron chi connectivity index (χ1n) is 5.90. The van der Waals surface area contributed by atoms with Crippen molar-refractivity contribution in [2.45, 2.75) is 19.4 Å². The van der Waals surface area contributed by atoms with Gasteiger partial charge in [-0.1, -0.05) is 12.1 Å². The third kappa shape index (κ3) is 1.99. The van der Waals surface area contributed by atoms with Gasteiger partial charge >= 0.3 is 0 Å². The van der Waals surface area contributed by atoms with Gasteiger partial charge in [0.1, 0.15) is 11.8 Å². The fraction of sp³-hybridized carbons (Fsp3) is 0.357. The van der Waals surface area contributed by atoms with Gasteiger partial charge in [0.25, 0.3) is 0 Å². The Kier molecular flexibility index (Phi) is 3.13. The Morgan fingerprint density at radius 2 is 2.00 bits per heavy atom. The number of hydrogen-bond donors (Lipinski definition) is 1. The third-order valence-electron chi connectivity index (χ3n) is 3.29. The lowest BCUT2D eigenvalue weighted by atomic mass is 10.0. The van der Waals surface area contributed by atoms with E-state index in [2.05, 4.69) is 5.32 Å². The van der Waals surface area contributed by atoms with Crippen LogP contribution in [0.4, 0.5) is 5.69 Å². The van der Waals surface area contributed by atoms with Crippen molar-refractivity contribution in [2.75, 3.05) is 19.0 Å². The van der Waals surface area contributed by atoms with E-state index < -0.39 is 5.54 Å². The predicted octanol–water partition coefficient (Wildman–Crippen LogP) is 2.39. The summed E-state index contributed by atoms with van der Waals surface area (Å²) in [6.07, 6.45) is 1.62. The van der Waals surface area contributed by atoms with Crippen LogP contribution in [-0.4, -0.2) is 25.5 Å². The topological polar surface area (TPSA) is 45.5 Å². The van der Waals surface area contributed by atoms with Gasteiger partial charge in [-0.2, -0.15) is 0 Å². The predicted molar refractivity (Wildman–Crippen MR) is 72.8 cm³/mol. The Labute approximate surface area is 107 Å². The molecule has 0 radical (unpaired) electrons. The van der Waals surface area contributed by atoms with Crippen LogP contribution in [0.1, 0.15) is 13.8 Å². The Hall–Kier alpha value is -1.81. The monoisotopic (exact) mass is 246 g/mol. The maximum Gasteiger partial charge on any atom is 0.246 e. The molecule has 1 N–H and O–H groups in total. The van der Waals surface area contributed by atoms with E-state index in [0.29, 0.717) is 0 Å². The summed E-state index contributed by atoms with van der Waals surface area (Å²) in [5.41, 5.74) is 0.973. The van der Waals surface area contributed by atoms with Gasteiger partial charge < -0.3 is 14.6 Å². The molecule has 0 fully saturated rings. The van der Waals surface area contributed by atoms with Gasteiger partial charge in [0.05, 0.1) is 11.2 Å². The third-order valence-corrected chi connectivity index (χ3v) is 3.29. The lowest BCUT2D eigenvalue weighted by Gasteiger charge is -2.28. The molecule has 0 unspecified atom stereocenters. The Balaban J connectivity index is 2.40. The molecule has 0 aliphatic carbocycles. The lowest BCUT2D eigenvalue weighted by molar-refractivity contribution is -0.123. The number of benzene rings is 1. The molecule has 18 heavy (non-hydrogen) atoms. The summed E-state index contributed by atoms with van der Waals surface area (Å²) in [4.78, 5) is 14.0. The van der Waals surface area contributed by atoms with Gasteiger partial charge in [-0.05, 0) is 33.0 Å². The normalized spacial score (nSPS) is 11.8. The Morgan fingerprint density at radius 1 is 1.33 bits per heavy atom. The zero-order valence-corrected chi connectivity index (χ0v) is 11.2. The largest absolute Gasteiger partial charge is 0.462 e. The van der Waals surface area contributed by atoms with E-state index in [1.54, 1.807) is 25.3 Å². The average molecular weight is 246 g/mol. The van der Waals surface area contributed by atoms with E-state index >= 15 is 0 Å². The highest BCUT2D eigenvalue weighted by molar-refractivity contribution is 6.05. The molecule has 0 bridgehead atoms. The fourth-order valence-electron chi connectivity index (χ4n) is 1.86. The van der Waals surface area contributed by atoms with E-state index in [9.17, 15) is 4.79 Å². The molecule has 1 aromatic heterocycles. The molecule has 0 saturated heterocycles. The minimum Gasteiger partial charge on any atom is -0.462 e. The van der Waals surface area contributed by atoms with Crippen LogP contribution in [0, 0.1) is 0 Å². The summed E-state index contributed by atoms with van der Waals surface area (Å²) in [6, 6.07) is 7.68. The molecule has 0 aliphatic rings. The van der Waals surface area contributed by atoms with Crippen LogP contribution in [0.15, 0.2) is 34.9 Å². The number of anilines is 1. The summed E-state index contributed by atoms with van der Waals surface area (Å²) in [5.74, 6) is -0.00319. The van der Waals surface area contributed by atoms with Crippen molar-refractivity contribution in [1.82, 2.24) is 5.32 Å². The van der Waals surface area contributed by atoms with Crippen molar-refractivity contribution in [3.8, 4) is 0 Å². The quantitative estimate of drug-likeness (QED) is 0.904. The molecule has 0 atom stereocenters. The Bertz CT molecular complexity index is 572. The highest BCUT2D eigenvalue weighted by Crippen LogP contribution is 2.29. The molecule has 1 aromatic carbocycles. The second-order valence-electron chi connectivity index (χ2n) is 4.86. The molecule has 2 rings (SSSR count). The first-order valence-corrected chi connectivity index (χ1v) is 5.90. The van der Waals surface area contributed by atoms with Crippen molar-refractivity contribution >= 4 is 22.6 Å². The summed E-state index contributed by atoms with van der Waals surface area (Å²) < 4.78 is 5.45. The van der Waals surface area contributed by atoms with E-state index in [4.69, 9.17) is 4.42 Å². The summed E-state index contributed by atoms with van der Waals surface area (Å²) in [5, 5.41) is 3.95. The molecular weight excluding hydrogens is 228 g/mol. The zero-order chi connectivity index (χ0) is 13.3.